The molecule has 0 aliphatic heterocycles. The van der Waals surface area contributed by atoms with Gasteiger partial charge in [-0.15, -0.1) is 0 Å². The maximum absolute atomic E-state index is 14.6. The molecular weight excluding hydrogens is 549 g/mol. The molecule has 42 heavy (non-hydrogen) atoms. The van der Waals surface area contributed by atoms with Gasteiger partial charge in [0.05, 0.1) is 22.1 Å². The van der Waals surface area contributed by atoms with E-state index >= 15 is 0 Å². The normalized spacial score (nSPS) is 11.4. The quantitative estimate of drug-likeness (QED) is 0.160. The lowest BCUT2D eigenvalue weighted by molar-refractivity contribution is -0.143. The Morgan fingerprint density at radius 1 is 0.810 bits per heavy atom. The SMILES string of the molecule is CCOC(=O)Cn1c(CC)c(Cc2ccccc2S(=O)(=O)c2ccccc2)c(-c2ccccc2)c1-c1cccc(F)c1. The number of carbonyl (C=O) groups excluding carboxylic acids is 1. The number of hydrogen-bond acceptors (Lipinski definition) is 4. The summed E-state index contributed by atoms with van der Waals surface area (Å²) in [6.45, 7) is 3.93. The van der Waals surface area contributed by atoms with Crippen LogP contribution in [0.3, 0.4) is 0 Å². The molecule has 0 saturated heterocycles. The number of sulfone groups is 1. The van der Waals surface area contributed by atoms with Gasteiger partial charge in [0, 0.05) is 23.2 Å². The highest BCUT2D eigenvalue weighted by atomic mass is 32.2. The molecule has 0 unspecified atom stereocenters. The lowest BCUT2D eigenvalue weighted by atomic mass is 9.93. The molecule has 0 aliphatic rings. The van der Waals surface area contributed by atoms with Crippen LogP contribution in [-0.4, -0.2) is 25.6 Å². The van der Waals surface area contributed by atoms with Gasteiger partial charge in [0.2, 0.25) is 9.84 Å². The highest BCUT2D eigenvalue weighted by molar-refractivity contribution is 7.91. The fourth-order valence-electron chi connectivity index (χ4n) is 5.51. The zero-order valence-corrected chi connectivity index (χ0v) is 24.4. The first-order valence-corrected chi connectivity index (χ1v) is 15.4. The first-order chi connectivity index (χ1) is 20.3. The van der Waals surface area contributed by atoms with E-state index in [0.29, 0.717) is 23.2 Å². The van der Waals surface area contributed by atoms with Crippen molar-refractivity contribution in [3.05, 3.63) is 132 Å². The zero-order chi connectivity index (χ0) is 29.7. The summed E-state index contributed by atoms with van der Waals surface area (Å²) >= 11 is 0. The number of esters is 1. The van der Waals surface area contributed by atoms with Gasteiger partial charge >= 0.3 is 5.97 Å². The van der Waals surface area contributed by atoms with E-state index in [1.807, 2.05) is 60.0 Å². The Labute approximate surface area is 246 Å². The van der Waals surface area contributed by atoms with Crippen LogP contribution in [0.5, 0.6) is 0 Å². The molecule has 5 rings (SSSR count). The van der Waals surface area contributed by atoms with Crippen LogP contribution in [0.1, 0.15) is 30.7 Å². The van der Waals surface area contributed by atoms with Gasteiger partial charge in [-0.05, 0) is 60.4 Å². The second-order valence-electron chi connectivity index (χ2n) is 9.87. The molecule has 0 atom stereocenters. The monoisotopic (exact) mass is 581 g/mol. The van der Waals surface area contributed by atoms with Gasteiger partial charge < -0.3 is 9.30 Å². The highest BCUT2D eigenvalue weighted by Crippen LogP contribution is 2.42. The Morgan fingerprint density at radius 2 is 1.45 bits per heavy atom. The minimum atomic E-state index is -3.80. The summed E-state index contributed by atoms with van der Waals surface area (Å²) in [5.41, 5.74) is 5.37. The Hall–Kier alpha value is -4.49. The molecule has 7 heteroatoms. The molecule has 5 nitrogen and oxygen atoms in total. The van der Waals surface area contributed by atoms with Crippen LogP contribution >= 0.6 is 0 Å². The largest absolute Gasteiger partial charge is 0.465 e. The first kappa shape index (κ1) is 29.0. The van der Waals surface area contributed by atoms with E-state index in [9.17, 15) is 17.6 Å². The highest BCUT2D eigenvalue weighted by Gasteiger charge is 2.28. The molecule has 1 heterocycles. The van der Waals surface area contributed by atoms with Crippen LogP contribution in [0.15, 0.2) is 119 Å². The van der Waals surface area contributed by atoms with Crippen LogP contribution in [-0.2, 0) is 38.8 Å². The fraction of sp³-hybridized carbons (Fsp3) is 0.171. The number of hydrogen-bond donors (Lipinski definition) is 0. The van der Waals surface area contributed by atoms with Gasteiger partial charge in [0.1, 0.15) is 12.4 Å². The minimum absolute atomic E-state index is 0.0628. The van der Waals surface area contributed by atoms with Crippen molar-refractivity contribution in [2.24, 2.45) is 0 Å². The van der Waals surface area contributed by atoms with E-state index in [1.165, 1.54) is 12.1 Å². The Balaban J connectivity index is 1.79. The molecule has 0 radical (unpaired) electrons. The average Bonchev–Trinajstić information content (AvgIpc) is 3.30. The van der Waals surface area contributed by atoms with Crippen LogP contribution in [0.4, 0.5) is 4.39 Å². The van der Waals surface area contributed by atoms with Crippen LogP contribution in [0.25, 0.3) is 22.4 Å². The van der Waals surface area contributed by atoms with E-state index in [1.54, 1.807) is 55.5 Å². The molecule has 0 amide bonds. The number of aromatic nitrogens is 1. The molecule has 214 valence electrons. The summed E-state index contributed by atoms with van der Waals surface area (Å²) in [7, 11) is -3.80. The first-order valence-electron chi connectivity index (χ1n) is 13.9. The molecule has 1 aromatic heterocycles. The number of benzene rings is 4. The zero-order valence-electron chi connectivity index (χ0n) is 23.6. The summed E-state index contributed by atoms with van der Waals surface area (Å²) in [4.78, 5) is 13.3. The van der Waals surface area contributed by atoms with Crippen molar-refractivity contribution in [1.82, 2.24) is 4.57 Å². The third-order valence-electron chi connectivity index (χ3n) is 7.25. The molecule has 0 saturated carbocycles. The van der Waals surface area contributed by atoms with Crippen molar-refractivity contribution >= 4 is 15.8 Å². The molecule has 0 aliphatic carbocycles. The molecule has 0 fully saturated rings. The third kappa shape index (κ3) is 5.78. The Bertz CT molecular complexity index is 1810. The van der Waals surface area contributed by atoms with E-state index in [0.717, 1.165) is 22.4 Å². The maximum atomic E-state index is 14.6. The van der Waals surface area contributed by atoms with Crippen LogP contribution < -0.4 is 0 Å². The van der Waals surface area contributed by atoms with Gasteiger partial charge in [-0.3, -0.25) is 4.79 Å². The van der Waals surface area contributed by atoms with Crippen molar-refractivity contribution in [1.29, 1.82) is 0 Å². The fourth-order valence-corrected chi connectivity index (χ4v) is 7.02. The number of nitrogens with zero attached hydrogens (tertiary/aromatic N) is 1. The van der Waals surface area contributed by atoms with Gasteiger partial charge in [-0.25, -0.2) is 12.8 Å². The van der Waals surface area contributed by atoms with E-state index in [4.69, 9.17) is 4.74 Å². The third-order valence-corrected chi connectivity index (χ3v) is 9.12. The summed E-state index contributed by atoms with van der Waals surface area (Å²) in [6, 6.07) is 31.4. The summed E-state index contributed by atoms with van der Waals surface area (Å²) in [6.07, 6.45) is 0.839. The minimum Gasteiger partial charge on any atom is -0.465 e. The smallest absolute Gasteiger partial charge is 0.325 e. The second kappa shape index (κ2) is 12.6. The summed E-state index contributed by atoms with van der Waals surface area (Å²) < 4.78 is 49.4. The van der Waals surface area contributed by atoms with Gasteiger partial charge in [0.25, 0.3) is 0 Å². The van der Waals surface area contributed by atoms with Crippen molar-refractivity contribution in [2.45, 2.75) is 43.0 Å². The summed E-state index contributed by atoms with van der Waals surface area (Å²) in [5, 5.41) is 0. The standard InChI is InChI=1S/C35H32FNO4S/c1-3-31-30(23-26-16-11-12-21-32(26)42(39,40)29-19-9-6-10-20-29)34(25-14-7-5-8-15-25)35(27-17-13-18-28(36)22-27)37(31)24-33(38)41-4-2/h5-22H,3-4,23-24H2,1-2H3. The number of halogens is 1. The molecule has 4 aromatic carbocycles. The average molecular weight is 582 g/mol. The predicted octanol–water partition coefficient (Wildman–Crippen LogP) is 7.51. The number of ether oxygens (including phenoxy) is 1. The van der Waals surface area contributed by atoms with Crippen LogP contribution in [0.2, 0.25) is 0 Å². The van der Waals surface area contributed by atoms with Gasteiger partial charge in [0.15, 0.2) is 0 Å². The molecule has 0 N–H and O–H groups in total. The van der Waals surface area contributed by atoms with Crippen molar-refractivity contribution in [3.8, 4) is 22.4 Å². The predicted molar refractivity (Wildman–Crippen MR) is 162 cm³/mol. The number of rotatable bonds is 10. The Kier molecular flexibility index (Phi) is 8.69. The lowest BCUT2D eigenvalue weighted by Gasteiger charge is -2.14. The van der Waals surface area contributed by atoms with Crippen molar-refractivity contribution < 1.29 is 22.3 Å². The topological polar surface area (TPSA) is 65.4 Å². The van der Waals surface area contributed by atoms with E-state index < -0.39 is 21.6 Å². The molecule has 5 aromatic rings. The van der Waals surface area contributed by atoms with Crippen LogP contribution in [0, 0.1) is 5.82 Å². The van der Waals surface area contributed by atoms with E-state index in [2.05, 4.69) is 0 Å². The van der Waals surface area contributed by atoms with Gasteiger partial charge in [-0.1, -0.05) is 85.8 Å². The van der Waals surface area contributed by atoms with Gasteiger partial charge in [-0.2, -0.15) is 0 Å². The molecule has 0 spiro atoms. The molecule has 0 bridgehead atoms. The lowest BCUT2D eigenvalue weighted by Crippen LogP contribution is -2.16. The van der Waals surface area contributed by atoms with Crippen molar-refractivity contribution in [3.63, 3.8) is 0 Å². The second-order valence-corrected chi connectivity index (χ2v) is 11.8. The number of carbonyl (C=O) groups is 1. The van der Waals surface area contributed by atoms with E-state index in [-0.39, 0.29) is 29.4 Å². The molecular formula is C35H32FNO4S. The Morgan fingerprint density at radius 3 is 2.12 bits per heavy atom. The van der Waals surface area contributed by atoms with Crippen molar-refractivity contribution in [2.75, 3.05) is 6.61 Å². The summed E-state index contributed by atoms with van der Waals surface area (Å²) in [5.74, 6) is -0.799. The maximum Gasteiger partial charge on any atom is 0.325 e.